The summed E-state index contributed by atoms with van der Waals surface area (Å²) in [7, 11) is 0. The fourth-order valence-corrected chi connectivity index (χ4v) is 4.22. The molecule has 0 aliphatic carbocycles. The van der Waals surface area contributed by atoms with Crippen molar-refractivity contribution in [3.8, 4) is 0 Å². The number of para-hydroxylation sites is 1. The van der Waals surface area contributed by atoms with Gasteiger partial charge in [0, 0.05) is 23.4 Å². The number of rotatable bonds is 6. The molecule has 0 saturated carbocycles. The first-order chi connectivity index (χ1) is 17.1. The highest BCUT2D eigenvalue weighted by Crippen LogP contribution is 2.45. The number of amides is 2. The van der Waals surface area contributed by atoms with Crippen molar-refractivity contribution in [3.63, 3.8) is 0 Å². The molecule has 1 aliphatic rings. The Morgan fingerprint density at radius 3 is 2.39 bits per heavy atom. The van der Waals surface area contributed by atoms with Gasteiger partial charge in [0.2, 0.25) is 5.69 Å². The molecule has 2 unspecified atom stereocenters. The summed E-state index contributed by atoms with van der Waals surface area (Å²) in [5, 5.41) is 18.3. The zero-order valence-electron chi connectivity index (χ0n) is 20.2. The van der Waals surface area contributed by atoms with E-state index in [0.717, 1.165) is 5.56 Å². The molecule has 2 amide bonds. The van der Waals surface area contributed by atoms with Gasteiger partial charge in [-0.25, -0.2) is 4.79 Å². The second-order valence-electron chi connectivity index (χ2n) is 9.41. The number of aromatic nitrogens is 1. The molecule has 4 rings (SSSR count). The highest BCUT2D eigenvalue weighted by molar-refractivity contribution is 6.10. The molecule has 0 fully saturated rings. The van der Waals surface area contributed by atoms with Crippen LogP contribution in [0.3, 0.4) is 0 Å². The molecule has 2 heterocycles. The molecule has 0 bridgehead atoms. The minimum Gasteiger partial charge on any atom is -0.618 e. The summed E-state index contributed by atoms with van der Waals surface area (Å²) in [6.45, 7) is 4.94. The molecule has 2 atom stereocenters. The Kier molecular flexibility index (Phi) is 6.65. The molecule has 3 aromatic rings. The standard InChI is InChI=1S/C27H27N3O6/c1-26(2,3)36-25(33)29-27(19-13-7-8-14-20(19)28-24(27)32)22(21-15-9-10-16-30(21)34)23(31)35-17-18-11-5-4-6-12-18/h4-16,22H,17H2,1-3H3,(H,28,32)(H,29,33). The number of esters is 1. The van der Waals surface area contributed by atoms with Gasteiger partial charge in [0.15, 0.2) is 17.7 Å². The second-order valence-corrected chi connectivity index (χ2v) is 9.41. The predicted molar refractivity (Wildman–Crippen MR) is 131 cm³/mol. The minimum atomic E-state index is -2.01. The van der Waals surface area contributed by atoms with Crippen molar-refractivity contribution >= 4 is 23.7 Å². The van der Waals surface area contributed by atoms with E-state index in [-0.39, 0.29) is 12.3 Å². The van der Waals surface area contributed by atoms with Gasteiger partial charge in [-0.15, -0.1) is 0 Å². The Hall–Kier alpha value is -4.40. The third-order valence-corrected chi connectivity index (χ3v) is 5.70. The van der Waals surface area contributed by atoms with Crippen LogP contribution in [0, 0.1) is 5.21 Å². The van der Waals surface area contributed by atoms with Gasteiger partial charge >= 0.3 is 12.1 Å². The molecule has 2 N–H and O–H groups in total. The zero-order chi connectivity index (χ0) is 25.9. The van der Waals surface area contributed by atoms with Gasteiger partial charge in [-0.1, -0.05) is 48.5 Å². The normalized spacial score (nSPS) is 17.5. The predicted octanol–water partition coefficient (Wildman–Crippen LogP) is 3.52. The largest absolute Gasteiger partial charge is 0.618 e. The maximum Gasteiger partial charge on any atom is 0.408 e. The number of nitrogens with zero attached hydrogens (tertiary/aromatic N) is 1. The first-order valence-electron chi connectivity index (χ1n) is 11.4. The number of benzene rings is 2. The van der Waals surface area contributed by atoms with Crippen molar-refractivity contribution in [2.24, 2.45) is 0 Å². The van der Waals surface area contributed by atoms with Crippen LogP contribution in [0.2, 0.25) is 0 Å². The fraction of sp³-hybridized carbons (Fsp3) is 0.259. The molecule has 1 aliphatic heterocycles. The van der Waals surface area contributed by atoms with E-state index in [0.29, 0.717) is 16.0 Å². The summed E-state index contributed by atoms with van der Waals surface area (Å²) < 4.78 is 11.6. The van der Waals surface area contributed by atoms with E-state index >= 15 is 0 Å². The summed E-state index contributed by atoms with van der Waals surface area (Å²) in [5.41, 5.74) is -1.54. The van der Waals surface area contributed by atoms with E-state index in [2.05, 4.69) is 10.6 Å². The van der Waals surface area contributed by atoms with E-state index in [9.17, 15) is 19.6 Å². The molecule has 9 nitrogen and oxygen atoms in total. The van der Waals surface area contributed by atoms with Gasteiger partial charge in [0.05, 0.1) is 0 Å². The number of carbonyl (C=O) groups is 3. The lowest BCUT2D eigenvalue weighted by Gasteiger charge is -2.34. The Labute approximate surface area is 208 Å². The molecule has 0 saturated heterocycles. The molecular formula is C27H27N3O6. The van der Waals surface area contributed by atoms with Crippen molar-refractivity contribution in [3.05, 3.63) is 101 Å². The smallest absolute Gasteiger partial charge is 0.408 e. The van der Waals surface area contributed by atoms with Crippen molar-refractivity contribution in [2.75, 3.05) is 5.32 Å². The molecule has 1 aromatic heterocycles. The van der Waals surface area contributed by atoms with Crippen molar-refractivity contribution < 1.29 is 28.6 Å². The van der Waals surface area contributed by atoms with Crippen LogP contribution < -0.4 is 15.4 Å². The first kappa shape index (κ1) is 24.7. The van der Waals surface area contributed by atoms with Gasteiger partial charge in [0.25, 0.3) is 5.91 Å². The SMILES string of the molecule is CC(C)(C)OC(=O)NC1(C(C(=O)OCc2ccccc2)c2cccc[n+]2[O-])C(=O)Nc2ccccc21. The Morgan fingerprint density at radius 1 is 1.03 bits per heavy atom. The lowest BCUT2D eigenvalue weighted by atomic mass is 9.76. The summed E-state index contributed by atoms with van der Waals surface area (Å²) in [6.07, 6.45) is 0.288. The summed E-state index contributed by atoms with van der Waals surface area (Å²) in [4.78, 5) is 40.4. The number of pyridine rings is 1. The van der Waals surface area contributed by atoms with Crippen LogP contribution in [0.15, 0.2) is 79.0 Å². The van der Waals surface area contributed by atoms with Crippen LogP contribution in [-0.4, -0.2) is 23.6 Å². The number of nitrogens with one attached hydrogen (secondary N) is 2. The highest BCUT2D eigenvalue weighted by Gasteiger charge is 2.60. The van der Waals surface area contributed by atoms with Gasteiger partial charge in [-0.3, -0.25) is 9.59 Å². The number of carbonyl (C=O) groups excluding carboxylic acids is 3. The molecule has 9 heteroatoms. The van der Waals surface area contributed by atoms with Gasteiger partial charge in [-0.2, -0.15) is 4.73 Å². The number of fused-ring (bicyclic) bond motifs is 1. The van der Waals surface area contributed by atoms with Gasteiger partial charge < -0.3 is 25.3 Å². The van der Waals surface area contributed by atoms with E-state index in [1.807, 2.05) is 6.07 Å². The third kappa shape index (κ3) is 4.86. The molecule has 0 spiro atoms. The number of hydrogen-bond acceptors (Lipinski definition) is 6. The van der Waals surface area contributed by atoms with Gasteiger partial charge in [0.1, 0.15) is 12.2 Å². The van der Waals surface area contributed by atoms with E-state index in [4.69, 9.17) is 9.47 Å². The maximum absolute atomic E-state index is 13.7. The maximum atomic E-state index is 13.7. The summed E-state index contributed by atoms with van der Waals surface area (Å²) in [5.74, 6) is -3.09. The minimum absolute atomic E-state index is 0.0709. The summed E-state index contributed by atoms with van der Waals surface area (Å²) in [6, 6.07) is 20.1. The monoisotopic (exact) mass is 489 g/mol. The third-order valence-electron chi connectivity index (χ3n) is 5.70. The van der Waals surface area contributed by atoms with Crippen LogP contribution in [0.1, 0.15) is 43.5 Å². The highest BCUT2D eigenvalue weighted by atomic mass is 16.6. The average Bonchev–Trinajstić information content (AvgIpc) is 3.10. The summed E-state index contributed by atoms with van der Waals surface area (Å²) >= 11 is 0. The molecule has 186 valence electrons. The van der Waals surface area contributed by atoms with Crippen molar-refractivity contribution in [1.29, 1.82) is 0 Å². The topological polar surface area (TPSA) is 121 Å². The zero-order valence-corrected chi connectivity index (χ0v) is 20.2. The second kappa shape index (κ2) is 9.69. The lowest BCUT2D eigenvalue weighted by molar-refractivity contribution is -0.615. The lowest BCUT2D eigenvalue weighted by Crippen LogP contribution is -2.59. The van der Waals surface area contributed by atoms with Crippen LogP contribution in [0.25, 0.3) is 0 Å². The molecule has 0 radical (unpaired) electrons. The average molecular weight is 490 g/mol. The molecular weight excluding hydrogens is 462 g/mol. The van der Waals surface area contributed by atoms with Crippen LogP contribution >= 0.6 is 0 Å². The number of ether oxygens (including phenoxy) is 2. The van der Waals surface area contributed by atoms with Gasteiger partial charge in [-0.05, 0) is 38.5 Å². The van der Waals surface area contributed by atoms with E-state index in [1.54, 1.807) is 75.4 Å². The van der Waals surface area contributed by atoms with E-state index in [1.165, 1.54) is 18.3 Å². The first-order valence-corrected chi connectivity index (χ1v) is 11.4. The van der Waals surface area contributed by atoms with E-state index < -0.39 is 35.0 Å². The molecule has 2 aromatic carbocycles. The number of alkyl carbamates (subject to hydrolysis) is 1. The number of hydrogen-bond donors (Lipinski definition) is 2. The Balaban J connectivity index is 1.85. The van der Waals surface area contributed by atoms with Crippen molar-refractivity contribution in [1.82, 2.24) is 5.32 Å². The fourth-order valence-electron chi connectivity index (χ4n) is 4.22. The van der Waals surface area contributed by atoms with Crippen molar-refractivity contribution in [2.45, 2.75) is 44.4 Å². The molecule has 36 heavy (non-hydrogen) atoms. The Bertz CT molecular complexity index is 1290. The van der Waals surface area contributed by atoms with Crippen LogP contribution in [0.5, 0.6) is 0 Å². The number of anilines is 1. The quantitative estimate of drug-likeness (QED) is 0.311. The van der Waals surface area contributed by atoms with Crippen LogP contribution in [0.4, 0.5) is 10.5 Å². The Morgan fingerprint density at radius 2 is 1.69 bits per heavy atom. The van der Waals surface area contributed by atoms with Crippen LogP contribution in [-0.2, 0) is 31.2 Å².